The van der Waals surface area contributed by atoms with Crippen molar-refractivity contribution in [1.82, 2.24) is 0 Å². The molecule has 4 heteroatoms. The lowest BCUT2D eigenvalue weighted by atomic mass is 9.66. The average Bonchev–Trinajstić information content (AvgIpc) is 3.30. The Morgan fingerprint density at radius 1 is 0.946 bits per heavy atom. The van der Waals surface area contributed by atoms with Crippen molar-refractivity contribution in [3.05, 3.63) is 84.5 Å². The molecule has 1 fully saturated rings. The van der Waals surface area contributed by atoms with Crippen molar-refractivity contribution in [2.75, 3.05) is 0 Å². The molecule has 6 atom stereocenters. The summed E-state index contributed by atoms with van der Waals surface area (Å²) in [4.78, 5) is 12.9. The van der Waals surface area contributed by atoms with Gasteiger partial charge in [-0.1, -0.05) is 105 Å². The van der Waals surface area contributed by atoms with Crippen molar-refractivity contribution in [1.29, 1.82) is 0 Å². The average molecular weight is 515 g/mol. The molecule has 5 rings (SSSR count). The van der Waals surface area contributed by atoms with Crippen LogP contribution < -0.4 is 10.4 Å². The van der Waals surface area contributed by atoms with Crippen molar-refractivity contribution in [3.63, 3.8) is 0 Å². The Balaban J connectivity index is 1.66. The number of ketones is 1. The van der Waals surface area contributed by atoms with Crippen LogP contribution in [0.25, 0.3) is 0 Å². The summed E-state index contributed by atoms with van der Waals surface area (Å²) in [6.45, 7) is 11.0. The van der Waals surface area contributed by atoms with Crippen LogP contribution in [0.5, 0.6) is 0 Å². The Morgan fingerprint density at radius 3 is 2.14 bits per heavy atom. The fraction of sp³-hybridized carbons (Fsp3) is 0.485. The number of allylic oxidation sites excluding steroid dienone is 2. The van der Waals surface area contributed by atoms with E-state index in [2.05, 4.69) is 107 Å². The number of carbonyl (C=O) groups excluding carboxylic acids is 1. The van der Waals surface area contributed by atoms with E-state index in [1.807, 2.05) is 0 Å². The van der Waals surface area contributed by atoms with Crippen LogP contribution in [-0.4, -0.2) is 32.4 Å². The van der Waals surface area contributed by atoms with Gasteiger partial charge in [0.2, 0.25) is 0 Å². The molecule has 1 aliphatic carbocycles. The summed E-state index contributed by atoms with van der Waals surface area (Å²) >= 11 is 0. The predicted molar refractivity (Wildman–Crippen MR) is 154 cm³/mol. The molecule has 0 amide bonds. The van der Waals surface area contributed by atoms with Crippen LogP contribution in [0, 0.1) is 17.8 Å². The maximum atomic E-state index is 12.9. The third-order valence-corrected chi connectivity index (χ3v) is 14.1. The largest absolute Gasteiger partial charge is 0.401 e. The number of hydrogen-bond acceptors (Lipinski definition) is 3. The van der Waals surface area contributed by atoms with E-state index < -0.39 is 8.32 Å². The highest BCUT2D eigenvalue weighted by atomic mass is 28.4. The molecule has 37 heavy (non-hydrogen) atoms. The summed E-state index contributed by atoms with van der Waals surface area (Å²) < 4.78 is 14.7. The topological polar surface area (TPSA) is 35.5 Å². The molecule has 0 unspecified atom stereocenters. The smallest absolute Gasteiger partial charge is 0.261 e. The van der Waals surface area contributed by atoms with E-state index >= 15 is 0 Å². The molecule has 0 N–H and O–H groups in total. The van der Waals surface area contributed by atoms with Gasteiger partial charge < -0.3 is 9.16 Å². The Morgan fingerprint density at radius 2 is 1.57 bits per heavy atom. The molecule has 2 heterocycles. The summed E-state index contributed by atoms with van der Waals surface area (Å²) in [5.74, 6) is 0.744. The first-order valence-electron chi connectivity index (χ1n) is 14.0. The monoisotopic (exact) mass is 514 g/mol. The van der Waals surface area contributed by atoms with E-state index in [0.717, 1.165) is 25.7 Å². The maximum absolute atomic E-state index is 12.9. The van der Waals surface area contributed by atoms with Gasteiger partial charge in [0.15, 0.2) is 0 Å². The molecular formula is C33H42O3Si. The van der Waals surface area contributed by atoms with Gasteiger partial charge in [-0.2, -0.15) is 0 Å². The molecule has 3 nitrogen and oxygen atoms in total. The molecule has 0 spiro atoms. The molecule has 2 aliphatic heterocycles. The standard InChI is InChI=1S/C33H42O3Si/c1-23-21-22-27(24(2)34)31-30(23)28-19-13-8-14-20-29(32(31)35-28)36-37(33(3,4)5,25-15-9-6-10-16-25)26-17-11-7-12-18-26/h6-12,14-18,21,27-32H,13,19-20,22H2,1-5H3/b14-8-/t27-,28-,29-,30+,31-,32+/m0/s1. The molecule has 0 radical (unpaired) electrons. The molecule has 1 saturated heterocycles. The highest BCUT2D eigenvalue weighted by Crippen LogP contribution is 2.51. The summed E-state index contributed by atoms with van der Waals surface area (Å²) in [6, 6.07) is 21.7. The second-order valence-corrected chi connectivity index (χ2v) is 16.5. The first-order valence-corrected chi connectivity index (χ1v) is 15.9. The maximum Gasteiger partial charge on any atom is 0.261 e. The summed E-state index contributed by atoms with van der Waals surface area (Å²) in [7, 11) is -2.77. The number of Topliss-reactive ketones (excluding diaryl/α,β-unsaturated/α-hetero) is 1. The third kappa shape index (κ3) is 4.73. The van der Waals surface area contributed by atoms with Crippen LogP contribution >= 0.6 is 0 Å². The zero-order valence-electron chi connectivity index (χ0n) is 23.0. The molecule has 0 aromatic heterocycles. The first kappa shape index (κ1) is 26.3. The van der Waals surface area contributed by atoms with Crippen LogP contribution in [0.4, 0.5) is 0 Å². The molecular weight excluding hydrogens is 472 g/mol. The van der Waals surface area contributed by atoms with Gasteiger partial charge in [0.05, 0.1) is 18.3 Å². The fourth-order valence-corrected chi connectivity index (χ4v) is 12.0. The zero-order valence-corrected chi connectivity index (χ0v) is 24.0. The highest BCUT2D eigenvalue weighted by molar-refractivity contribution is 6.99. The number of benzene rings is 2. The SMILES string of the molecule is CC(=O)[C@@H]1CC=C(C)[C@H]2[C@H]1[C@@H]1O[C@H]2CC/C=C\C[C@@H]1O[Si](c1ccccc1)(c1ccccc1)C(C)(C)C. The van der Waals surface area contributed by atoms with Gasteiger partial charge >= 0.3 is 0 Å². The Hall–Kier alpha value is -2.27. The van der Waals surface area contributed by atoms with Crippen molar-refractivity contribution < 1.29 is 14.0 Å². The van der Waals surface area contributed by atoms with Crippen LogP contribution in [0.2, 0.25) is 5.04 Å². The predicted octanol–water partition coefficient (Wildman–Crippen LogP) is 6.23. The number of ether oxygens (including phenoxy) is 1. The second kappa shape index (κ2) is 10.5. The van der Waals surface area contributed by atoms with Gasteiger partial charge in [0.25, 0.3) is 8.32 Å². The van der Waals surface area contributed by atoms with E-state index in [0.29, 0.717) is 5.92 Å². The van der Waals surface area contributed by atoms with Gasteiger partial charge in [-0.25, -0.2) is 0 Å². The van der Waals surface area contributed by atoms with Crippen molar-refractivity contribution in [3.8, 4) is 0 Å². The van der Waals surface area contributed by atoms with Gasteiger partial charge in [0, 0.05) is 17.8 Å². The Kier molecular flexibility index (Phi) is 7.46. The molecule has 3 aliphatic rings. The Labute approximate surface area is 224 Å². The minimum absolute atomic E-state index is 0.00244. The molecule has 2 aromatic rings. The van der Waals surface area contributed by atoms with Crippen LogP contribution in [-0.2, 0) is 14.0 Å². The number of hydrogen-bond donors (Lipinski definition) is 0. The van der Waals surface area contributed by atoms with Crippen molar-refractivity contribution >= 4 is 24.5 Å². The highest BCUT2D eigenvalue weighted by Gasteiger charge is 2.57. The number of carbonyl (C=O) groups is 1. The normalized spacial score (nSPS) is 30.9. The molecule has 196 valence electrons. The number of fused-ring (bicyclic) bond motifs is 5. The first-order chi connectivity index (χ1) is 17.7. The van der Waals surface area contributed by atoms with Crippen molar-refractivity contribution in [2.24, 2.45) is 17.8 Å². The van der Waals surface area contributed by atoms with E-state index in [-0.39, 0.29) is 41.0 Å². The zero-order chi connectivity index (χ0) is 26.2. The molecule has 2 bridgehead atoms. The molecule has 0 saturated carbocycles. The van der Waals surface area contributed by atoms with Gasteiger partial charge in [0.1, 0.15) is 5.78 Å². The minimum Gasteiger partial charge on any atom is -0.401 e. The van der Waals surface area contributed by atoms with Gasteiger partial charge in [-0.3, -0.25) is 4.79 Å². The van der Waals surface area contributed by atoms with Crippen LogP contribution in [0.3, 0.4) is 0 Å². The van der Waals surface area contributed by atoms with Crippen LogP contribution in [0.15, 0.2) is 84.5 Å². The van der Waals surface area contributed by atoms with Crippen LogP contribution in [0.1, 0.15) is 60.3 Å². The lowest BCUT2D eigenvalue weighted by Crippen LogP contribution is -2.68. The van der Waals surface area contributed by atoms with E-state index in [1.165, 1.54) is 15.9 Å². The number of rotatable bonds is 5. The Bertz CT molecular complexity index is 1110. The van der Waals surface area contributed by atoms with E-state index in [9.17, 15) is 4.79 Å². The summed E-state index contributed by atoms with van der Waals surface area (Å²) in [5.41, 5.74) is 1.39. The third-order valence-electron chi connectivity index (χ3n) is 9.00. The minimum atomic E-state index is -2.77. The summed E-state index contributed by atoms with van der Waals surface area (Å²) in [6.07, 6.45) is 10.5. The lowest BCUT2D eigenvalue weighted by molar-refractivity contribution is -0.124. The lowest BCUT2D eigenvalue weighted by Gasteiger charge is -2.47. The van der Waals surface area contributed by atoms with Gasteiger partial charge in [-0.05, 0) is 54.9 Å². The summed E-state index contributed by atoms with van der Waals surface area (Å²) in [5, 5.41) is 2.45. The molecule has 2 aromatic carbocycles. The van der Waals surface area contributed by atoms with Crippen molar-refractivity contribution in [2.45, 2.75) is 83.7 Å². The quantitative estimate of drug-likeness (QED) is 0.351. The van der Waals surface area contributed by atoms with E-state index in [4.69, 9.17) is 9.16 Å². The second-order valence-electron chi connectivity index (χ2n) is 12.2. The fourth-order valence-electron chi connectivity index (χ4n) is 7.31. The van der Waals surface area contributed by atoms with E-state index in [1.54, 1.807) is 6.92 Å². The van der Waals surface area contributed by atoms with Gasteiger partial charge in [-0.15, -0.1) is 0 Å².